The zero-order valence-electron chi connectivity index (χ0n) is 24.1. The highest BCUT2D eigenvalue weighted by Gasteiger charge is 2.53. The molecule has 1 spiro atoms. The van der Waals surface area contributed by atoms with E-state index in [9.17, 15) is 0 Å². The maximum Gasteiger partial charge on any atom is 0.0246 e. The molecule has 4 aliphatic rings. The van der Waals surface area contributed by atoms with E-state index in [1.54, 1.807) is 11.1 Å². The van der Waals surface area contributed by atoms with Crippen LogP contribution in [0.25, 0.3) is 11.1 Å². The molecular weight excluding hydrogens is 420 g/mol. The van der Waals surface area contributed by atoms with Gasteiger partial charge < -0.3 is 0 Å². The van der Waals surface area contributed by atoms with Gasteiger partial charge in [0, 0.05) is 5.41 Å². The highest BCUT2D eigenvalue weighted by atomic mass is 14.6. The third-order valence-electron chi connectivity index (χ3n) is 10.4. The van der Waals surface area contributed by atoms with Crippen molar-refractivity contribution in [3.63, 3.8) is 0 Å². The van der Waals surface area contributed by atoms with Crippen molar-refractivity contribution in [1.29, 1.82) is 0 Å². The average molecular weight is 471 g/mol. The lowest BCUT2D eigenvalue weighted by Gasteiger charge is -2.52. The lowest BCUT2D eigenvalue weighted by Crippen LogP contribution is -2.45. The first-order chi connectivity index (χ1) is 16.4. The molecule has 190 valence electrons. The van der Waals surface area contributed by atoms with Crippen LogP contribution in [0.2, 0.25) is 0 Å². The summed E-state index contributed by atoms with van der Waals surface area (Å²) in [5, 5.41) is 0. The second kappa shape index (κ2) is 8.49. The number of rotatable bonds is 2. The Balaban J connectivity index is 1.80. The maximum atomic E-state index is 2.66. The van der Waals surface area contributed by atoms with Crippen LogP contribution in [-0.2, 0) is 16.2 Å². The summed E-state index contributed by atoms with van der Waals surface area (Å²) in [5.74, 6) is 4.21. The molecule has 0 saturated heterocycles. The lowest BCUT2D eigenvalue weighted by atomic mass is 9.52. The molecule has 4 aliphatic carbocycles. The lowest BCUT2D eigenvalue weighted by molar-refractivity contribution is 0.0360. The minimum Gasteiger partial charge on any atom is -0.0654 e. The standard InChI is InChI=1S/C35H50/c1-10-11-27-18-30-22(2)16-24(17-23(30)3)21-35(27)31-19-25(33(4,5)6)12-14-28(31)29-15-13-26(20-32(29)35)34(7,8)9/h12-15,19-20,22-24,27,30H,10-11,16-18,21H2,1-9H3. The van der Waals surface area contributed by atoms with E-state index in [0.29, 0.717) is 0 Å². The summed E-state index contributed by atoms with van der Waals surface area (Å²) >= 11 is 0. The first-order valence-corrected chi connectivity index (χ1v) is 14.7. The molecule has 0 heteroatoms. The molecule has 2 bridgehead atoms. The Kier molecular flexibility index (Phi) is 6.09. The third kappa shape index (κ3) is 4.02. The van der Waals surface area contributed by atoms with Gasteiger partial charge in [0.2, 0.25) is 0 Å². The van der Waals surface area contributed by atoms with Gasteiger partial charge in [-0.25, -0.2) is 0 Å². The fraction of sp³-hybridized carbons (Fsp3) is 0.657. The Morgan fingerprint density at radius 3 is 1.66 bits per heavy atom. The second-order valence-electron chi connectivity index (χ2n) is 14.9. The molecule has 35 heavy (non-hydrogen) atoms. The number of hydrogen-bond acceptors (Lipinski definition) is 0. The van der Waals surface area contributed by atoms with E-state index in [2.05, 4.69) is 98.7 Å². The monoisotopic (exact) mass is 470 g/mol. The fourth-order valence-electron chi connectivity index (χ4n) is 8.59. The summed E-state index contributed by atoms with van der Waals surface area (Å²) in [5.41, 5.74) is 9.95. The van der Waals surface area contributed by atoms with Gasteiger partial charge in [-0.15, -0.1) is 0 Å². The molecule has 3 saturated carbocycles. The van der Waals surface area contributed by atoms with E-state index in [0.717, 1.165) is 29.6 Å². The SMILES string of the molecule is CCCC1CC2C(C)CC(CC2C)CC12c1cc(C(C)(C)C)ccc1-c1ccc(C(C)(C)C)cc12. The van der Waals surface area contributed by atoms with Gasteiger partial charge >= 0.3 is 0 Å². The predicted octanol–water partition coefficient (Wildman–Crippen LogP) is 10.1. The Hall–Kier alpha value is -1.56. The molecule has 2 aromatic rings. The second-order valence-corrected chi connectivity index (χ2v) is 14.9. The van der Waals surface area contributed by atoms with Crippen LogP contribution in [0.5, 0.6) is 0 Å². The molecule has 0 amide bonds. The van der Waals surface area contributed by atoms with Gasteiger partial charge in [-0.2, -0.15) is 0 Å². The van der Waals surface area contributed by atoms with E-state index in [1.165, 1.54) is 60.8 Å². The predicted molar refractivity (Wildman–Crippen MR) is 152 cm³/mol. The van der Waals surface area contributed by atoms with Crippen molar-refractivity contribution >= 4 is 0 Å². The summed E-state index contributed by atoms with van der Waals surface area (Å²) in [6.07, 6.45) is 8.24. The molecule has 0 aliphatic heterocycles. The van der Waals surface area contributed by atoms with Gasteiger partial charge in [-0.3, -0.25) is 0 Å². The molecule has 3 unspecified atom stereocenters. The smallest absolute Gasteiger partial charge is 0.0246 e. The van der Waals surface area contributed by atoms with Crippen molar-refractivity contribution in [2.24, 2.45) is 29.6 Å². The van der Waals surface area contributed by atoms with E-state index in [1.807, 2.05) is 0 Å². The van der Waals surface area contributed by atoms with Gasteiger partial charge in [-0.1, -0.05) is 105 Å². The first-order valence-electron chi connectivity index (χ1n) is 14.7. The molecule has 0 N–H and O–H groups in total. The van der Waals surface area contributed by atoms with E-state index in [4.69, 9.17) is 0 Å². The van der Waals surface area contributed by atoms with E-state index in [-0.39, 0.29) is 16.2 Å². The summed E-state index contributed by atoms with van der Waals surface area (Å²) < 4.78 is 0. The molecule has 2 aromatic carbocycles. The fourth-order valence-corrected chi connectivity index (χ4v) is 8.59. The minimum atomic E-state index is 0.172. The van der Waals surface area contributed by atoms with Crippen LogP contribution in [0.1, 0.15) is 123 Å². The van der Waals surface area contributed by atoms with Crippen LogP contribution in [0.15, 0.2) is 36.4 Å². The summed E-state index contributed by atoms with van der Waals surface area (Å²) in [4.78, 5) is 0. The molecule has 0 heterocycles. The summed E-state index contributed by atoms with van der Waals surface area (Å²) in [6, 6.07) is 15.2. The highest BCUT2D eigenvalue weighted by molar-refractivity contribution is 5.82. The largest absolute Gasteiger partial charge is 0.0654 e. The van der Waals surface area contributed by atoms with Gasteiger partial charge in [0.1, 0.15) is 0 Å². The maximum absolute atomic E-state index is 2.66. The van der Waals surface area contributed by atoms with Gasteiger partial charge in [-0.05, 0) is 106 Å². The summed E-state index contributed by atoms with van der Waals surface area (Å²) in [7, 11) is 0. The minimum absolute atomic E-state index is 0.172. The van der Waals surface area contributed by atoms with Gasteiger partial charge in [0.15, 0.2) is 0 Å². The van der Waals surface area contributed by atoms with Crippen LogP contribution in [-0.4, -0.2) is 0 Å². The van der Waals surface area contributed by atoms with Gasteiger partial charge in [0.05, 0.1) is 0 Å². The molecule has 0 radical (unpaired) electrons. The van der Waals surface area contributed by atoms with Crippen molar-refractivity contribution in [2.75, 3.05) is 0 Å². The third-order valence-corrected chi connectivity index (χ3v) is 10.4. The van der Waals surface area contributed by atoms with Crippen molar-refractivity contribution in [2.45, 2.75) is 117 Å². The van der Waals surface area contributed by atoms with E-state index < -0.39 is 0 Å². The molecule has 3 atom stereocenters. The number of benzene rings is 2. The molecule has 0 aromatic heterocycles. The first kappa shape index (κ1) is 25.1. The molecule has 6 rings (SSSR count). The normalized spacial score (nSPS) is 29.6. The number of hydrogen-bond donors (Lipinski definition) is 0. The molecule has 0 nitrogen and oxygen atoms in total. The van der Waals surface area contributed by atoms with Crippen LogP contribution < -0.4 is 0 Å². The van der Waals surface area contributed by atoms with Crippen LogP contribution in [0, 0.1) is 29.6 Å². The Labute approximate surface area is 216 Å². The summed E-state index contributed by atoms with van der Waals surface area (Å²) in [6.45, 7) is 21.9. The number of fused-ring (bicyclic) bond motifs is 6. The van der Waals surface area contributed by atoms with Crippen LogP contribution in [0.3, 0.4) is 0 Å². The van der Waals surface area contributed by atoms with Crippen molar-refractivity contribution in [3.05, 3.63) is 58.7 Å². The van der Waals surface area contributed by atoms with E-state index >= 15 is 0 Å². The van der Waals surface area contributed by atoms with Crippen molar-refractivity contribution in [1.82, 2.24) is 0 Å². The topological polar surface area (TPSA) is 0 Å². The quantitative estimate of drug-likeness (QED) is 0.409. The Bertz CT molecular complexity index is 1010. The Morgan fingerprint density at radius 2 is 1.23 bits per heavy atom. The average Bonchev–Trinajstić information content (AvgIpc) is 3.03. The van der Waals surface area contributed by atoms with Crippen molar-refractivity contribution < 1.29 is 0 Å². The zero-order chi connectivity index (χ0) is 25.3. The van der Waals surface area contributed by atoms with Gasteiger partial charge in [0.25, 0.3) is 0 Å². The molecular formula is C35H50. The Morgan fingerprint density at radius 1 is 0.743 bits per heavy atom. The zero-order valence-corrected chi connectivity index (χ0v) is 24.1. The molecule has 3 fully saturated rings. The highest BCUT2D eigenvalue weighted by Crippen LogP contribution is 2.63. The van der Waals surface area contributed by atoms with Crippen LogP contribution >= 0.6 is 0 Å². The van der Waals surface area contributed by atoms with Crippen LogP contribution in [0.4, 0.5) is 0 Å². The van der Waals surface area contributed by atoms with Crippen molar-refractivity contribution in [3.8, 4) is 11.1 Å².